The zero-order chi connectivity index (χ0) is 16.4. The molecule has 0 heterocycles. The maximum absolute atomic E-state index is 12.6. The Morgan fingerprint density at radius 3 is 2.22 bits per heavy atom. The molecule has 0 radical (unpaired) electrons. The lowest BCUT2D eigenvalue weighted by Gasteiger charge is -2.09. The van der Waals surface area contributed by atoms with Crippen LogP contribution >= 0.6 is 0 Å². The Hall–Kier alpha value is -3.11. The van der Waals surface area contributed by atoms with Crippen LogP contribution in [0.1, 0.15) is 0 Å². The average molecular weight is 327 g/mol. The average Bonchev–Trinajstić information content (AvgIpc) is 2.56. The number of hydrogen-bond acceptors (Lipinski definition) is 5. The van der Waals surface area contributed by atoms with Gasteiger partial charge in [-0.2, -0.15) is 8.42 Å². The van der Waals surface area contributed by atoms with Crippen molar-refractivity contribution in [1.82, 2.24) is 0 Å². The molecule has 1 N–H and O–H groups in total. The summed E-state index contributed by atoms with van der Waals surface area (Å²) in [7, 11) is -4.17. The molecule has 0 atom stereocenters. The van der Waals surface area contributed by atoms with E-state index in [1.807, 2.05) is 0 Å². The Morgan fingerprint density at radius 1 is 0.957 bits per heavy atom. The molecule has 0 aliphatic heterocycles. The fourth-order valence-electron chi connectivity index (χ4n) is 2.24. The van der Waals surface area contributed by atoms with Gasteiger partial charge < -0.3 is 9.29 Å². The first-order valence-corrected chi connectivity index (χ1v) is 8.03. The molecule has 3 aromatic carbocycles. The highest BCUT2D eigenvalue weighted by molar-refractivity contribution is 7.87. The number of diazo groups is 1. The third kappa shape index (κ3) is 2.67. The van der Waals surface area contributed by atoms with E-state index in [1.54, 1.807) is 30.3 Å². The topological polar surface area (TPSA) is 91.8 Å². The molecule has 0 amide bonds. The summed E-state index contributed by atoms with van der Waals surface area (Å²) in [6.07, 6.45) is 0. The van der Waals surface area contributed by atoms with Gasteiger partial charge in [-0.1, -0.05) is 42.5 Å². The molecule has 114 valence electrons. The van der Waals surface area contributed by atoms with Crippen molar-refractivity contribution in [2.24, 2.45) is 0 Å². The van der Waals surface area contributed by atoms with Crippen LogP contribution in [0.5, 0.6) is 11.5 Å². The molecule has 6 nitrogen and oxygen atoms in total. The van der Waals surface area contributed by atoms with E-state index in [2.05, 4.69) is 4.98 Å². The zero-order valence-corrected chi connectivity index (χ0v) is 12.6. The van der Waals surface area contributed by atoms with E-state index in [9.17, 15) is 13.5 Å². The van der Waals surface area contributed by atoms with Crippen molar-refractivity contribution in [3.63, 3.8) is 0 Å². The van der Waals surface area contributed by atoms with E-state index in [0.29, 0.717) is 0 Å². The number of benzene rings is 3. The van der Waals surface area contributed by atoms with Crippen molar-refractivity contribution in [3.8, 4) is 11.5 Å². The van der Waals surface area contributed by atoms with E-state index in [0.717, 1.165) is 6.07 Å². The molecule has 0 aromatic heterocycles. The second-order valence-corrected chi connectivity index (χ2v) is 6.25. The third-order valence-corrected chi connectivity index (χ3v) is 4.57. The molecule has 0 bridgehead atoms. The third-order valence-electron chi connectivity index (χ3n) is 3.28. The molecule has 0 fully saturated rings. The second-order valence-electron chi connectivity index (χ2n) is 4.74. The van der Waals surface area contributed by atoms with Crippen LogP contribution in [0, 0.1) is 5.39 Å². The fraction of sp³-hybridized carbons (Fsp3) is 0. The number of hydrogen-bond donors (Lipinski definition) is 1. The number of aromatic hydroxyl groups is 1. The van der Waals surface area contributed by atoms with E-state index in [4.69, 9.17) is 9.58 Å². The number of phenolic OH excluding ortho intramolecular Hbond substituents is 1. The molecule has 0 spiro atoms. The van der Waals surface area contributed by atoms with Gasteiger partial charge in [0.05, 0.1) is 6.07 Å². The van der Waals surface area contributed by atoms with Gasteiger partial charge in [0, 0.05) is 10.8 Å². The fourth-order valence-corrected chi connectivity index (χ4v) is 3.40. The summed E-state index contributed by atoms with van der Waals surface area (Å²) in [6.45, 7) is 0. The van der Waals surface area contributed by atoms with Gasteiger partial charge in [-0.15, -0.1) is 0 Å². The zero-order valence-electron chi connectivity index (χ0n) is 11.7. The Kier molecular flexibility index (Phi) is 3.60. The standard InChI is InChI=1S/C16H10N2O4S/c17-18-14-10-15(12-8-4-5-9-13(12)16(14)19)23(20,21)22-11-6-2-1-3-7-11/h1-10H/p+1. The van der Waals surface area contributed by atoms with Gasteiger partial charge in [0.15, 0.2) is 4.98 Å². The minimum Gasteiger partial charge on any atom is -0.501 e. The van der Waals surface area contributed by atoms with E-state index < -0.39 is 10.1 Å². The van der Waals surface area contributed by atoms with Crippen molar-refractivity contribution in [3.05, 3.63) is 65.6 Å². The highest BCUT2D eigenvalue weighted by Crippen LogP contribution is 2.39. The van der Waals surface area contributed by atoms with E-state index >= 15 is 0 Å². The predicted octanol–water partition coefficient (Wildman–Crippen LogP) is 3.80. The molecular weight excluding hydrogens is 316 g/mol. The lowest BCUT2D eigenvalue weighted by Crippen LogP contribution is -2.10. The van der Waals surface area contributed by atoms with Crippen LogP contribution < -0.4 is 4.18 Å². The first kappa shape index (κ1) is 14.8. The van der Waals surface area contributed by atoms with Gasteiger partial charge >= 0.3 is 15.8 Å². The maximum atomic E-state index is 12.6. The Bertz CT molecular complexity index is 1030. The summed E-state index contributed by atoms with van der Waals surface area (Å²) in [5.74, 6) is -0.145. The molecule has 0 saturated carbocycles. The maximum Gasteiger partial charge on any atom is 0.428 e. The first-order chi connectivity index (χ1) is 11.0. The number of fused-ring (bicyclic) bond motifs is 1. The molecule has 0 aliphatic rings. The molecular formula is C16H11N2O4S+. The second kappa shape index (κ2) is 5.59. The van der Waals surface area contributed by atoms with Crippen molar-refractivity contribution in [2.45, 2.75) is 4.90 Å². The molecule has 23 heavy (non-hydrogen) atoms. The number of nitrogens with zero attached hydrogens (tertiary/aromatic N) is 2. The van der Waals surface area contributed by atoms with Crippen LogP contribution in [0.2, 0.25) is 0 Å². The van der Waals surface area contributed by atoms with Crippen molar-refractivity contribution in [1.29, 1.82) is 5.39 Å². The Morgan fingerprint density at radius 2 is 1.57 bits per heavy atom. The summed E-state index contributed by atoms with van der Waals surface area (Å²) in [5, 5.41) is 19.5. The highest BCUT2D eigenvalue weighted by atomic mass is 32.2. The highest BCUT2D eigenvalue weighted by Gasteiger charge is 2.28. The SMILES string of the molecule is N#[N+]c1cc(S(=O)(=O)Oc2ccccc2)c2ccccc2c1O. The summed E-state index contributed by atoms with van der Waals surface area (Å²) < 4.78 is 30.2. The van der Waals surface area contributed by atoms with E-state index in [1.165, 1.54) is 24.3 Å². The largest absolute Gasteiger partial charge is 0.501 e. The van der Waals surface area contributed by atoms with Gasteiger partial charge in [-0.3, -0.25) is 0 Å². The molecule has 7 heteroatoms. The van der Waals surface area contributed by atoms with Gasteiger partial charge in [-0.05, 0) is 12.1 Å². The monoisotopic (exact) mass is 327 g/mol. The number of rotatable bonds is 3. The smallest absolute Gasteiger partial charge is 0.428 e. The lowest BCUT2D eigenvalue weighted by atomic mass is 10.1. The van der Waals surface area contributed by atoms with Gasteiger partial charge in [0.25, 0.3) is 0 Å². The normalized spacial score (nSPS) is 11.1. The van der Waals surface area contributed by atoms with Crippen LogP contribution in [-0.2, 0) is 10.1 Å². The first-order valence-electron chi connectivity index (χ1n) is 6.62. The molecule has 3 rings (SSSR count). The Labute approximate surface area is 132 Å². The van der Waals surface area contributed by atoms with Gasteiger partial charge in [0.2, 0.25) is 11.1 Å². The lowest BCUT2D eigenvalue weighted by molar-refractivity contribution is 0.482. The molecule has 0 unspecified atom stereocenters. The van der Waals surface area contributed by atoms with Crippen molar-refractivity contribution < 1.29 is 17.7 Å². The predicted molar refractivity (Wildman–Crippen MR) is 84.6 cm³/mol. The van der Waals surface area contributed by atoms with Crippen LogP contribution in [0.25, 0.3) is 15.7 Å². The Balaban J connectivity index is 2.23. The number of phenols is 1. The van der Waals surface area contributed by atoms with Crippen LogP contribution in [0.3, 0.4) is 0 Å². The van der Waals surface area contributed by atoms with Crippen LogP contribution in [0.4, 0.5) is 5.69 Å². The number of para-hydroxylation sites is 1. The summed E-state index contributed by atoms with van der Waals surface area (Å²) in [5.41, 5.74) is -0.251. The molecule has 0 aliphatic carbocycles. The molecule has 0 saturated heterocycles. The van der Waals surface area contributed by atoms with Gasteiger partial charge in [-0.25, -0.2) is 0 Å². The van der Waals surface area contributed by atoms with E-state index in [-0.39, 0.29) is 32.9 Å². The molecule has 3 aromatic rings. The van der Waals surface area contributed by atoms with Crippen molar-refractivity contribution >= 4 is 26.6 Å². The van der Waals surface area contributed by atoms with Crippen LogP contribution in [0.15, 0.2) is 65.6 Å². The summed E-state index contributed by atoms with van der Waals surface area (Å²) in [6, 6.07) is 15.5. The minimum absolute atomic E-state index is 0.159. The summed E-state index contributed by atoms with van der Waals surface area (Å²) in [4.78, 5) is 2.74. The van der Waals surface area contributed by atoms with Crippen LogP contribution in [-0.4, -0.2) is 13.5 Å². The minimum atomic E-state index is -4.17. The van der Waals surface area contributed by atoms with Crippen molar-refractivity contribution in [2.75, 3.05) is 0 Å². The van der Waals surface area contributed by atoms with Gasteiger partial charge in [0.1, 0.15) is 10.6 Å². The summed E-state index contributed by atoms with van der Waals surface area (Å²) >= 11 is 0. The quantitative estimate of drug-likeness (QED) is 0.583.